The topological polar surface area (TPSA) is 26.3 Å². The first kappa shape index (κ1) is 14.1. The van der Waals surface area contributed by atoms with Crippen LogP contribution in [-0.4, -0.2) is 12.9 Å². The number of methoxy groups -OCH3 is 1. The highest BCUT2D eigenvalue weighted by Crippen LogP contribution is 2.30. The molecule has 0 aromatic heterocycles. The maximum atomic E-state index is 12.6. The second-order valence-electron chi connectivity index (χ2n) is 5.04. The molecule has 0 unspecified atom stereocenters. The molecular formula is C18H15BrO2. The van der Waals surface area contributed by atoms with Gasteiger partial charge in [0.2, 0.25) is 0 Å². The molecule has 0 aliphatic heterocycles. The highest BCUT2D eigenvalue weighted by molar-refractivity contribution is 9.10. The Morgan fingerprint density at radius 1 is 1.14 bits per heavy atom. The lowest BCUT2D eigenvalue weighted by Gasteiger charge is -2.17. The summed E-state index contributed by atoms with van der Waals surface area (Å²) in [6.45, 7) is 0. The minimum Gasteiger partial charge on any atom is -0.496 e. The molecule has 0 heterocycles. The van der Waals surface area contributed by atoms with E-state index in [2.05, 4.69) is 15.9 Å². The van der Waals surface area contributed by atoms with Gasteiger partial charge in [-0.15, -0.1) is 0 Å². The number of ketones is 1. The van der Waals surface area contributed by atoms with Gasteiger partial charge in [0.25, 0.3) is 0 Å². The second kappa shape index (κ2) is 5.86. The van der Waals surface area contributed by atoms with Crippen molar-refractivity contribution in [3.63, 3.8) is 0 Å². The molecule has 0 spiro atoms. The lowest BCUT2D eigenvalue weighted by Crippen LogP contribution is -2.13. The summed E-state index contributed by atoms with van der Waals surface area (Å²) in [5.41, 5.74) is 3.73. The Morgan fingerprint density at radius 2 is 1.95 bits per heavy atom. The highest BCUT2D eigenvalue weighted by atomic mass is 79.9. The Kier molecular flexibility index (Phi) is 3.93. The average Bonchev–Trinajstić information content (AvgIpc) is 2.51. The third-order valence-electron chi connectivity index (χ3n) is 3.74. The molecule has 0 N–H and O–H groups in total. The molecule has 106 valence electrons. The van der Waals surface area contributed by atoms with E-state index >= 15 is 0 Å². The average molecular weight is 343 g/mol. The van der Waals surface area contributed by atoms with Crippen molar-refractivity contribution in [3.8, 4) is 5.75 Å². The lowest BCUT2D eigenvalue weighted by molar-refractivity contribution is 0.102. The van der Waals surface area contributed by atoms with E-state index in [0.29, 0.717) is 0 Å². The van der Waals surface area contributed by atoms with Crippen molar-refractivity contribution in [1.82, 2.24) is 0 Å². The minimum atomic E-state index is 0.124. The number of aryl methyl sites for hydroxylation is 1. The summed E-state index contributed by atoms with van der Waals surface area (Å²) in [5.74, 6) is 0.899. The molecule has 2 aromatic carbocycles. The van der Waals surface area contributed by atoms with Crippen molar-refractivity contribution >= 4 is 27.8 Å². The van der Waals surface area contributed by atoms with E-state index in [9.17, 15) is 4.79 Å². The van der Waals surface area contributed by atoms with Crippen LogP contribution in [0.25, 0.3) is 6.08 Å². The van der Waals surface area contributed by atoms with Crippen molar-refractivity contribution in [2.75, 3.05) is 7.11 Å². The predicted molar refractivity (Wildman–Crippen MR) is 87.8 cm³/mol. The van der Waals surface area contributed by atoms with Crippen LogP contribution in [0.5, 0.6) is 5.75 Å². The number of allylic oxidation sites excluding steroid dienone is 1. The van der Waals surface area contributed by atoms with Gasteiger partial charge in [0.1, 0.15) is 5.75 Å². The largest absolute Gasteiger partial charge is 0.496 e. The van der Waals surface area contributed by atoms with Gasteiger partial charge in [-0.1, -0.05) is 40.2 Å². The molecule has 0 fully saturated rings. The Labute approximate surface area is 132 Å². The number of rotatable bonds is 2. The smallest absolute Gasteiger partial charge is 0.189 e. The van der Waals surface area contributed by atoms with Gasteiger partial charge in [0.15, 0.2) is 5.78 Å². The summed E-state index contributed by atoms with van der Waals surface area (Å²) in [6, 6.07) is 13.6. The van der Waals surface area contributed by atoms with Gasteiger partial charge in [-0.05, 0) is 42.7 Å². The van der Waals surface area contributed by atoms with Crippen molar-refractivity contribution in [2.45, 2.75) is 12.8 Å². The molecule has 2 nitrogen and oxygen atoms in total. The molecule has 0 atom stereocenters. The van der Waals surface area contributed by atoms with Gasteiger partial charge >= 0.3 is 0 Å². The third kappa shape index (κ3) is 2.79. The summed E-state index contributed by atoms with van der Waals surface area (Å²) < 4.78 is 6.34. The number of hydrogen-bond acceptors (Lipinski definition) is 2. The molecule has 21 heavy (non-hydrogen) atoms. The number of Topliss-reactive ketones (excluding diaryl/α,β-unsaturated/α-hetero) is 1. The highest BCUT2D eigenvalue weighted by Gasteiger charge is 2.21. The molecule has 2 aromatic rings. The Morgan fingerprint density at radius 3 is 2.76 bits per heavy atom. The second-order valence-corrected chi connectivity index (χ2v) is 5.96. The summed E-state index contributed by atoms with van der Waals surface area (Å²) in [6.07, 6.45) is 3.62. The first-order valence-electron chi connectivity index (χ1n) is 6.86. The molecular weight excluding hydrogens is 328 g/mol. The van der Waals surface area contributed by atoms with Crippen molar-refractivity contribution in [2.24, 2.45) is 0 Å². The van der Waals surface area contributed by atoms with Gasteiger partial charge in [-0.3, -0.25) is 4.79 Å². The van der Waals surface area contributed by atoms with Gasteiger partial charge in [0, 0.05) is 21.2 Å². The van der Waals surface area contributed by atoms with E-state index in [-0.39, 0.29) is 5.78 Å². The summed E-state index contributed by atoms with van der Waals surface area (Å²) >= 11 is 3.46. The fourth-order valence-electron chi connectivity index (χ4n) is 2.66. The monoisotopic (exact) mass is 342 g/mol. The summed E-state index contributed by atoms with van der Waals surface area (Å²) in [4.78, 5) is 12.6. The molecule has 1 aliphatic carbocycles. The Balaban J connectivity index is 2.02. The molecule has 0 amide bonds. The van der Waals surface area contributed by atoms with Crippen LogP contribution < -0.4 is 4.74 Å². The molecule has 0 saturated carbocycles. The number of carbonyl (C=O) groups is 1. The lowest BCUT2D eigenvalue weighted by atomic mass is 9.86. The zero-order chi connectivity index (χ0) is 14.8. The summed E-state index contributed by atoms with van der Waals surface area (Å²) in [7, 11) is 1.64. The molecule has 3 rings (SSSR count). The van der Waals surface area contributed by atoms with Crippen LogP contribution in [0, 0.1) is 0 Å². The standard InChI is InChI=1S/C18H15BrO2/c1-21-17-9-8-15(19)11-14(17)10-13-7-6-12-4-2-3-5-16(12)18(13)20/h2-5,8-11H,6-7H2,1H3. The third-order valence-corrected chi connectivity index (χ3v) is 4.23. The van der Waals surface area contributed by atoms with E-state index < -0.39 is 0 Å². The molecule has 3 heteroatoms. The number of fused-ring (bicyclic) bond motifs is 1. The number of carbonyl (C=O) groups excluding carboxylic acids is 1. The van der Waals surface area contributed by atoms with Crippen LogP contribution in [0.15, 0.2) is 52.5 Å². The number of benzene rings is 2. The quantitative estimate of drug-likeness (QED) is 0.741. The van der Waals surface area contributed by atoms with Crippen molar-refractivity contribution in [3.05, 3.63) is 69.2 Å². The van der Waals surface area contributed by atoms with Crippen LogP contribution in [0.2, 0.25) is 0 Å². The molecule has 0 bridgehead atoms. The fourth-order valence-corrected chi connectivity index (χ4v) is 3.04. The Hall–Kier alpha value is -1.87. The van der Waals surface area contributed by atoms with E-state index in [1.807, 2.05) is 48.5 Å². The van der Waals surface area contributed by atoms with E-state index in [4.69, 9.17) is 4.74 Å². The number of ether oxygens (including phenoxy) is 1. The summed E-state index contributed by atoms with van der Waals surface area (Å²) in [5, 5.41) is 0. The van der Waals surface area contributed by atoms with Gasteiger partial charge in [-0.2, -0.15) is 0 Å². The van der Waals surface area contributed by atoms with Crippen LogP contribution in [0.1, 0.15) is 27.9 Å². The van der Waals surface area contributed by atoms with Crippen LogP contribution in [0.4, 0.5) is 0 Å². The van der Waals surface area contributed by atoms with Crippen molar-refractivity contribution < 1.29 is 9.53 Å². The van der Waals surface area contributed by atoms with E-state index in [1.165, 1.54) is 0 Å². The molecule has 0 saturated heterocycles. The molecule has 1 aliphatic rings. The van der Waals surface area contributed by atoms with Crippen LogP contribution >= 0.6 is 15.9 Å². The van der Waals surface area contributed by atoms with Crippen molar-refractivity contribution in [1.29, 1.82) is 0 Å². The number of halogens is 1. The number of hydrogen-bond donors (Lipinski definition) is 0. The SMILES string of the molecule is COc1ccc(Br)cc1C=C1CCc2ccccc2C1=O. The zero-order valence-corrected chi connectivity index (χ0v) is 13.3. The molecule has 0 radical (unpaired) electrons. The predicted octanol–water partition coefficient (Wildman–Crippen LogP) is 4.67. The zero-order valence-electron chi connectivity index (χ0n) is 11.7. The van der Waals surface area contributed by atoms with E-state index in [1.54, 1.807) is 7.11 Å². The van der Waals surface area contributed by atoms with Gasteiger partial charge < -0.3 is 4.74 Å². The normalized spacial score (nSPS) is 15.9. The van der Waals surface area contributed by atoms with Gasteiger partial charge in [-0.25, -0.2) is 0 Å². The first-order valence-corrected chi connectivity index (χ1v) is 7.65. The van der Waals surface area contributed by atoms with Crippen LogP contribution in [-0.2, 0) is 6.42 Å². The van der Waals surface area contributed by atoms with Gasteiger partial charge in [0.05, 0.1) is 7.11 Å². The first-order chi connectivity index (χ1) is 10.2. The van der Waals surface area contributed by atoms with Crippen LogP contribution in [0.3, 0.4) is 0 Å². The maximum absolute atomic E-state index is 12.6. The van der Waals surface area contributed by atoms with E-state index in [0.717, 1.165) is 45.3 Å². The Bertz CT molecular complexity index is 732. The minimum absolute atomic E-state index is 0.124. The fraction of sp³-hybridized carbons (Fsp3) is 0.167. The maximum Gasteiger partial charge on any atom is 0.189 e.